The molecule has 2 heteroatoms. The van der Waals surface area contributed by atoms with Gasteiger partial charge < -0.3 is 5.32 Å². The Morgan fingerprint density at radius 2 is 2.15 bits per heavy atom. The summed E-state index contributed by atoms with van der Waals surface area (Å²) >= 11 is 3.54. The van der Waals surface area contributed by atoms with E-state index in [2.05, 4.69) is 39.4 Å². The van der Waals surface area contributed by atoms with E-state index >= 15 is 0 Å². The molecule has 1 nitrogen and oxygen atoms in total. The Hall–Kier alpha value is -0.340. The Morgan fingerprint density at radius 1 is 1.31 bits per heavy atom. The zero-order valence-corrected chi connectivity index (χ0v) is 9.02. The van der Waals surface area contributed by atoms with E-state index in [1.165, 1.54) is 41.4 Å². The van der Waals surface area contributed by atoms with Crippen molar-refractivity contribution in [3.8, 4) is 0 Å². The summed E-state index contributed by atoms with van der Waals surface area (Å²) in [6.07, 6.45) is 3.85. The van der Waals surface area contributed by atoms with Gasteiger partial charge in [0.05, 0.1) is 0 Å². The summed E-state index contributed by atoms with van der Waals surface area (Å²) in [4.78, 5) is 0. The fraction of sp³-hybridized carbons (Fsp3) is 0.455. The maximum atomic E-state index is 3.58. The van der Waals surface area contributed by atoms with Crippen molar-refractivity contribution < 1.29 is 0 Å². The largest absolute Gasteiger partial charge is 0.307 e. The third-order valence-corrected chi connectivity index (χ3v) is 3.92. The number of hydrogen-bond donors (Lipinski definition) is 1. The van der Waals surface area contributed by atoms with E-state index in [0.717, 1.165) is 0 Å². The van der Waals surface area contributed by atoms with E-state index in [1.807, 2.05) is 0 Å². The molecule has 13 heavy (non-hydrogen) atoms. The average Bonchev–Trinajstić information content (AvgIpc) is 2.41. The van der Waals surface area contributed by atoms with Crippen LogP contribution >= 0.6 is 15.9 Å². The van der Waals surface area contributed by atoms with Gasteiger partial charge >= 0.3 is 0 Å². The number of rotatable bonds is 0. The number of nitrogens with one attached hydrogen (secondary N) is 1. The van der Waals surface area contributed by atoms with Gasteiger partial charge in [-0.05, 0) is 49.1 Å². The summed E-state index contributed by atoms with van der Waals surface area (Å²) in [5.41, 5.74) is 3.43. The van der Waals surface area contributed by atoms with E-state index in [9.17, 15) is 0 Å². The topological polar surface area (TPSA) is 12.0 Å². The molecule has 2 aliphatic rings. The fourth-order valence-electron chi connectivity index (χ4n) is 2.56. The lowest BCUT2D eigenvalue weighted by Crippen LogP contribution is -2.52. The van der Waals surface area contributed by atoms with Crippen LogP contribution in [-0.4, -0.2) is 6.54 Å². The monoisotopic (exact) mass is 237 g/mol. The number of aryl methyl sites for hydroxylation is 1. The van der Waals surface area contributed by atoms with Crippen molar-refractivity contribution in [3.05, 3.63) is 33.8 Å². The molecule has 0 radical (unpaired) electrons. The number of fused-ring (bicyclic) bond motifs is 2. The van der Waals surface area contributed by atoms with Crippen LogP contribution < -0.4 is 5.32 Å². The minimum Gasteiger partial charge on any atom is -0.307 e. The highest BCUT2D eigenvalue weighted by molar-refractivity contribution is 9.10. The van der Waals surface area contributed by atoms with Crippen LogP contribution in [0.15, 0.2) is 22.7 Å². The predicted octanol–water partition coefficient (Wildman–Crippen LogP) is 2.58. The van der Waals surface area contributed by atoms with Gasteiger partial charge in [0.25, 0.3) is 0 Å². The highest BCUT2D eigenvalue weighted by Crippen LogP contribution is 2.44. The molecule has 0 saturated carbocycles. The molecule has 1 fully saturated rings. The molecule has 0 amide bonds. The van der Waals surface area contributed by atoms with Crippen LogP contribution in [0.4, 0.5) is 0 Å². The summed E-state index contributed by atoms with van der Waals surface area (Å²) in [6, 6.07) is 6.69. The number of halogens is 1. The second kappa shape index (κ2) is 2.58. The lowest BCUT2D eigenvalue weighted by Gasteiger charge is -2.41. The molecule has 1 N–H and O–H groups in total. The lowest BCUT2D eigenvalue weighted by atomic mass is 9.82. The van der Waals surface area contributed by atoms with Crippen molar-refractivity contribution in [2.24, 2.45) is 0 Å². The highest BCUT2D eigenvalue weighted by Gasteiger charge is 2.42. The molecule has 1 saturated heterocycles. The highest BCUT2D eigenvalue weighted by atomic mass is 79.9. The van der Waals surface area contributed by atoms with E-state index in [0.29, 0.717) is 5.54 Å². The average molecular weight is 238 g/mol. The zero-order valence-electron chi connectivity index (χ0n) is 7.44. The van der Waals surface area contributed by atoms with Crippen molar-refractivity contribution in [2.75, 3.05) is 6.54 Å². The normalized spacial score (nSPS) is 30.2. The molecule has 1 aliphatic heterocycles. The van der Waals surface area contributed by atoms with Gasteiger partial charge in [0, 0.05) is 10.0 Å². The summed E-state index contributed by atoms with van der Waals surface area (Å²) in [6.45, 7) is 1.19. The van der Waals surface area contributed by atoms with Crippen molar-refractivity contribution in [3.63, 3.8) is 0 Å². The molecule has 1 heterocycles. The molecule has 1 aromatic rings. The van der Waals surface area contributed by atoms with Crippen molar-refractivity contribution >= 4 is 15.9 Å². The SMILES string of the molecule is Brc1ccc2c(c1)[C@@]1(CCN1)CC2. The molecule has 1 aliphatic carbocycles. The van der Waals surface area contributed by atoms with E-state index in [1.54, 1.807) is 0 Å². The van der Waals surface area contributed by atoms with Crippen LogP contribution in [0.3, 0.4) is 0 Å². The third kappa shape index (κ3) is 1.02. The molecular formula is C11H12BrN. The first-order valence-corrected chi connectivity index (χ1v) is 5.63. The van der Waals surface area contributed by atoms with E-state index in [4.69, 9.17) is 0 Å². The van der Waals surface area contributed by atoms with E-state index < -0.39 is 0 Å². The summed E-state index contributed by atoms with van der Waals surface area (Å²) in [5, 5.41) is 3.58. The van der Waals surface area contributed by atoms with Crippen LogP contribution in [-0.2, 0) is 12.0 Å². The first-order valence-electron chi connectivity index (χ1n) is 4.84. The Bertz CT molecular complexity index is 355. The van der Waals surface area contributed by atoms with Gasteiger partial charge in [-0.25, -0.2) is 0 Å². The van der Waals surface area contributed by atoms with Crippen LogP contribution in [0.2, 0.25) is 0 Å². The third-order valence-electron chi connectivity index (χ3n) is 3.42. The first-order chi connectivity index (χ1) is 6.30. The first kappa shape index (κ1) is 8.01. The standard InChI is InChI=1S/C11H12BrN/c12-9-2-1-8-3-4-11(5-6-13-11)10(8)7-9/h1-2,7,13H,3-6H2/t11-/m0/s1. The van der Waals surface area contributed by atoms with Gasteiger partial charge in [-0.2, -0.15) is 0 Å². The molecule has 0 unspecified atom stereocenters. The maximum Gasteiger partial charge on any atom is 0.0453 e. The molecule has 0 aromatic heterocycles. The van der Waals surface area contributed by atoms with Crippen molar-refractivity contribution in [2.45, 2.75) is 24.8 Å². The van der Waals surface area contributed by atoms with Gasteiger partial charge in [-0.3, -0.25) is 0 Å². The van der Waals surface area contributed by atoms with Crippen LogP contribution in [0.1, 0.15) is 24.0 Å². The second-order valence-electron chi connectivity index (χ2n) is 4.06. The Kier molecular flexibility index (Phi) is 1.59. The molecular weight excluding hydrogens is 226 g/mol. The van der Waals surface area contributed by atoms with Crippen LogP contribution in [0.25, 0.3) is 0 Å². The maximum absolute atomic E-state index is 3.58. The van der Waals surface area contributed by atoms with Gasteiger partial charge in [0.15, 0.2) is 0 Å². The van der Waals surface area contributed by atoms with Crippen LogP contribution in [0.5, 0.6) is 0 Å². The van der Waals surface area contributed by atoms with Crippen molar-refractivity contribution in [1.29, 1.82) is 0 Å². The molecule has 3 rings (SSSR count). The van der Waals surface area contributed by atoms with Crippen LogP contribution in [0, 0.1) is 0 Å². The van der Waals surface area contributed by atoms with Gasteiger partial charge in [0.2, 0.25) is 0 Å². The summed E-state index contributed by atoms with van der Waals surface area (Å²) in [5.74, 6) is 0. The zero-order chi connectivity index (χ0) is 8.89. The van der Waals surface area contributed by atoms with Gasteiger partial charge in [-0.1, -0.05) is 22.0 Å². The minimum atomic E-state index is 0.360. The minimum absolute atomic E-state index is 0.360. The number of benzene rings is 1. The Morgan fingerprint density at radius 3 is 2.85 bits per heavy atom. The smallest absolute Gasteiger partial charge is 0.0453 e. The van der Waals surface area contributed by atoms with Crippen molar-refractivity contribution in [1.82, 2.24) is 5.32 Å². The lowest BCUT2D eigenvalue weighted by molar-refractivity contribution is 0.210. The molecule has 0 bridgehead atoms. The quantitative estimate of drug-likeness (QED) is 0.732. The summed E-state index contributed by atoms with van der Waals surface area (Å²) < 4.78 is 1.21. The Balaban J connectivity index is 2.14. The predicted molar refractivity (Wildman–Crippen MR) is 56.8 cm³/mol. The number of hydrogen-bond acceptors (Lipinski definition) is 1. The fourth-order valence-corrected chi connectivity index (χ4v) is 2.93. The van der Waals surface area contributed by atoms with Gasteiger partial charge in [0.1, 0.15) is 0 Å². The Labute approximate surface area is 86.7 Å². The molecule has 68 valence electrons. The van der Waals surface area contributed by atoms with Gasteiger partial charge in [-0.15, -0.1) is 0 Å². The second-order valence-corrected chi connectivity index (χ2v) is 4.98. The van der Waals surface area contributed by atoms with E-state index in [-0.39, 0.29) is 0 Å². The molecule has 1 atom stereocenters. The molecule has 1 aromatic carbocycles. The summed E-state index contributed by atoms with van der Waals surface area (Å²) in [7, 11) is 0. The molecule has 1 spiro atoms.